The van der Waals surface area contributed by atoms with Gasteiger partial charge in [-0.1, -0.05) is 91.0 Å². The van der Waals surface area contributed by atoms with Crippen LogP contribution in [0.3, 0.4) is 0 Å². The van der Waals surface area contributed by atoms with Gasteiger partial charge in [-0.25, -0.2) is 0 Å². The van der Waals surface area contributed by atoms with Gasteiger partial charge in [0, 0.05) is 33.1 Å². The zero-order valence-electron chi connectivity index (χ0n) is 23.2. The second-order valence-corrected chi connectivity index (χ2v) is 11.0. The van der Waals surface area contributed by atoms with Crippen molar-refractivity contribution in [2.75, 3.05) is 0 Å². The third-order valence-corrected chi connectivity index (χ3v) is 8.63. The molecule has 6 aromatic carbocycles. The van der Waals surface area contributed by atoms with E-state index >= 15 is 0 Å². The Bertz CT molecular complexity index is 2570. The lowest BCUT2D eigenvalue weighted by Gasteiger charge is -2.14. The zero-order chi connectivity index (χ0) is 28.5. The van der Waals surface area contributed by atoms with E-state index in [0.717, 1.165) is 60.9 Å². The molecule has 0 aliphatic rings. The van der Waals surface area contributed by atoms with E-state index in [2.05, 4.69) is 100.0 Å². The van der Waals surface area contributed by atoms with Gasteiger partial charge in [-0.2, -0.15) is 0 Å². The van der Waals surface area contributed by atoms with Gasteiger partial charge in [-0.15, -0.1) is 0 Å². The molecule has 0 aliphatic heterocycles. The van der Waals surface area contributed by atoms with E-state index in [9.17, 15) is 4.79 Å². The fourth-order valence-electron chi connectivity index (χ4n) is 6.86. The first-order valence-electron chi connectivity index (χ1n) is 14.5. The average Bonchev–Trinajstić information content (AvgIpc) is 3.59. The molecule has 3 heterocycles. The van der Waals surface area contributed by atoms with Crippen LogP contribution in [0, 0.1) is 0 Å². The molecule has 43 heavy (non-hydrogen) atoms. The lowest BCUT2D eigenvalue weighted by molar-refractivity contribution is 1.03. The van der Waals surface area contributed by atoms with Crippen molar-refractivity contribution in [3.8, 4) is 22.5 Å². The lowest BCUT2D eigenvalue weighted by atomic mass is 10.0. The van der Waals surface area contributed by atoms with Crippen molar-refractivity contribution >= 4 is 49.3 Å². The fraction of sp³-hybridized carbons (Fsp3) is 0. The van der Waals surface area contributed by atoms with E-state index in [-0.39, 0.29) is 5.56 Å². The minimum absolute atomic E-state index is 0.0390. The summed E-state index contributed by atoms with van der Waals surface area (Å²) < 4.78 is 6.33. The summed E-state index contributed by atoms with van der Waals surface area (Å²) in [6.45, 7) is 0. The molecule has 0 amide bonds. The highest BCUT2D eigenvalue weighted by Crippen LogP contribution is 2.40. The van der Waals surface area contributed by atoms with Crippen LogP contribution in [0.2, 0.25) is 0 Å². The van der Waals surface area contributed by atoms with E-state index < -0.39 is 0 Å². The van der Waals surface area contributed by atoms with Gasteiger partial charge in [0.15, 0.2) is 0 Å². The Morgan fingerprint density at radius 3 is 1.65 bits per heavy atom. The summed E-state index contributed by atoms with van der Waals surface area (Å²) in [5.41, 5.74) is 9.77. The molecule has 0 aliphatic carbocycles. The fourth-order valence-corrected chi connectivity index (χ4v) is 6.86. The predicted octanol–water partition coefficient (Wildman–Crippen LogP) is 9.16. The molecule has 4 nitrogen and oxygen atoms in total. The third-order valence-electron chi connectivity index (χ3n) is 8.63. The molecule has 0 bridgehead atoms. The molecular weight excluding hydrogens is 526 g/mol. The van der Waals surface area contributed by atoms with Gasteiger partial charge in [0.25, 0.3) is 5.56 Å². The minimum atomic E-state index is -0.0390. The van der Waals surface area contributed by atoms with Crippen LogP contribution in [0.4, 0.5) is 0 Å². The normalized spacial score (nSPS) is 11.8. The van der Waals surface area contributed by atoms with Crippen LogP contribution in [0.25, 0.3) is 71.8 Å². The molecule has 202 valence electrons. The lowest BCUT2D eigenvalue weighted by Crippen LogP contribution is -2.21. The molecule has 0 saturated heterocycles. The molecule has 9 aromatic rings. The number of benzene rings is 6. The standard InChI is InChI=1S/C39H25N3O/c43-39-38-37(26-23-24-34-31(25-26)29-17-7-9-19-32(29)40(34)27-13-3-1-4-14-27)30-18-8-10-20-33(30)42(38)36-22-12-11-21-35(36)41(39)28-15-5-2-6-16-28/h1-25H. The molecule has 4 heteroatoms. The number of nitrogens with zero attached hydrogens (tertiary/aromatic N) is 3. The van der Waals surface area contributed by atoms with Crippen molar-refractivity contribution in [2.24, 2.45) is 0 Å². The first-order chi connectivity index (χ1) is 21.3. The zero-order valence-corrected chi connectivity index (χ0v) is 23.2. The summed E-state index contributed by atoms with van der Waals surface area (Å²) in [6.07, 6.45) is 0. The quantitative estimate of drug-likeness (QED) is 0.215. The third kappa shape index (κ3) is 3.35. The highest BCUT2D eigenvalue weighted by molar-refractivity contribution is 6.13. The van der Waals surface area contributed by atoms with Crippen LogP contribution in [0.5, 0.6) is 0 Å². The largest absolute Gasteiger partial charge is 0.309 e. The van der Waals surface area contributed by atoms with Crippen LogP contribution in [0.15, 0.2) is 156 Å². The Morgan fingerprint density at radius 1 is 0.395 bits per heavy atom. The van der Waals surface area contributed by atoms with Crippen molar-refractivity contribution in [3.05, 3.63) is 162 Å². The number of hydrogen-bond donors (Lipinski definition) is 0. The summed E-state index contributed by atoms with van der Waals surface area (Å²) in [5, 5.41) is 3.40. The molecule has 3 aromatic heterocycles. The summed E-state index contributed by atoms with van der Waals surface area (Å²) in [7, 11) is 0. The van der Waals surface area contributed by atoms with E-state index in [1.807, 2.05) is 65.2 Å². The molecule has 0 N–H and O–H groups in total. The maximum atomic E-state index is 14.7. The van der Waals surface area contributed by atoms with Crippen LogP contribution < -0.4 is 5.56 Å². The highest BCUT2D eigenvalue weighted by Gasteiger charge is 2.22. The van der Waals surface area contributed by atoms with Gasteiger partial charge in [0.2, 0.25) is 0 Å². The molecule has 9 rings (SSSR count). The number of rotatable bonds is 3. The molecule has 0 atom stereocenters. The van der Waals surface area contributed by atoms with Crippen molar-refractivity contribution in [2.45, 2.75) is 0 Å². The Kier molecular flexibility index (Phi) is 5.02. The molecular formula is C39H25N3O. The van der Waals surface area contributed by atoms with Gasteiger partial charge < -0.3 is 8.97 Å². The summed E-state index contributed by atoms with van der Waals surface area (Å²) in [6, 6.07) is 52.1. The number of hydrogen-bond acceptors (Lipinski definition) is 1. The summed E-state index contributed by atoms with van der Waals surface area (Å²) in [5.74, 6) is 0. The van der Waals surface area contributed by atoms with Crippen LogP contribution in [0.1, 0.15) is 0 Å². The second-order valence-electron chi connectivity index (χ2n) is 11.0. The van der Waals surface area contributed by atoms with E-state index in [1.165, 1.54) is 5.39 Å². The number of fused-ring (bicyclic) bond motifs is 8. The first kappa shape index (κ1) is 23.8. The van der Waals surface area contributed by atoms with Gasteiger partial charge in [-0.3, -0.25) is 9.36 Å². The van der Waals surface area contributed by atoms with Gasteiger partial charge >= 0.3 is 0 Å². The van der Waals surface area contributed by atoms with Crippen molar-refractivity contribution in [1.29, 1.82) is 0 Å². The van der Waals surface area contributed by atoms with Gasteiger partial charge in [0.1, 0.15) is 5.52 Å². The second kappa shape index (κ2) is 9.07. The molecule has 0 unspecified atom stereocenters. The number of aromatic nitrogens is 3. The Morgan fingerprint density at radius 2 is 0.930 bits per heavy atom. The minimum Gasteiger partial charge on any atom is -0.309 e. The molecule has 0 saturated carbocycles. The maximum absolute atomic E-state index is 14.7. The topological polar surface area (TPSA) is 31.3 Å². The smallest absolute Gasteiger partial charge is 0.280 e. The average molecular weight is 552 g/mol. The van der Waals surface area contributed by atoms with E-state index in [4.69, 9.17) is 0 Å². The van der Waals surface area contributed by atoms with E-state index in [0.29, 0.717) is 5.52 Å². The van der Waals surface area contributed by atoms with Crippen molar-refractivity contribution in [1.82, 2.24) is 13.5 Å². The predicted molar refractivity (Wildman–Crippen MR) is 178 cm³/mol. The Balaban J connectivity index is 1.44. The van der Waals surface area contributed by atoms with E-state index in [1.54, 1.807) is 0 Å². The van der Waals surface area contributed by atoms with Gasteiger partial charge in [0.05, 0.1) is 27.6 Å². The van der Waals surface area contributed by atoms with Crippen LogP contribution in [-0.4, -0.2) is 13.5 Å². The van der Waals surface area contributed by atoms with Crippen molar-refractivity contribution < 1.29 is 0 Å². The van der Waals surface area contributed by atoms with Gasteiger partial charge in [-0.05, 0) is 66.2 Å². The molecule has 0 fully saturated rings. The monoisotopic (exact) mass is 551 g/mol. The summed E-state index contributed by atoms with van der Waals surface area (Å²) >= 11 is 0. The maximum Gasteiger partial charge on any atom is 0.280 e. The van der Waals surface area contributed by atoms with Crippen LogP contribution in [-0.2, 0) is 0 Å². The SMILES string of the molecule is O=c1c2c(-c3ccc4c(c3)c3ccccc3n4-c3ccccc3)c3ccccc3n2c2ccccc2n1-c1ccccc1. The number of para-hydroxylation sites is 6. The Hall–Kier alpha value is -5.87. The Labute approximate surface area is 246 Å². The van der Waals surface area contributed by atoms with Crippen molar-refractivity contribution in [3.63, 3.8) is 0 Å². The molecule has 0 spiro atoms. The highest BCUT2D eigenvalue weighted by atomic mass is 16.1. The summed E-state index contributed by atoms with van der Waals surface area (Å²) in [4.78, 5) is 14.7. The van der Waals surface area contributed by atoms with Crippen LogP contribution >= 0.6 is 0 Å². The molecule has 0 radical (unpaired) electrons. The first-order valence-corrected chi connectivity index (χ1v) is 14.5.